The fraction of sp³-hybridized carbons (Fsp3) is 0.200. The number of anilines is 1. The van der Waals surface area contributed by atoms with E-state index in [1.807, 2.05) is 4.90 Å². The Kier molecular flexibility index (Phi) is 3.51. The van der Waals surface area contributed by atoms with Gasteiger partial charge in [0.05, 0.1) is 10.6 Å². The number of nitrogens with zero attached hydrogens (tertiary/aromatic N) is 2. The van der Waals surface area contributed by atoms with Crippen molar-refractivity contribution in [2.75, 3.05) is 11.4 Å². The van der Waals surface area contributed by atoms with Crippen LogP contribution in [0.2, 0.25) is 5.02 Å². The van der Waals surface area contributed by atoms with Gasteiger partial charge in [-0.3, -0.25) is 4.79 Å². The monoisotopic (exact) mass is 305 g/mol. The van der Waals surface area contributed by atoms with E-state index in [1.54, 1.807) is 12.1 Å². The van der Waals surface area contributed by atoms with Crippen LogP contribution in [0.3, 0.4) is 0 Å². The number of amides is 1. The van der Waals surface area contributed by atoms with Crippen LogP contribution in [-0.4, -0.2) is 17.4 Å². The highest BCUT2D eigenvalue weighted by atomic mass is 35.5. The van der Waals surface area contributed by atoms with Crippen molar-refractivity contribution in [1.29, 1.82) is 0 Å². The van der Waals surface area contributed by atoms with Gasteiger partial charge in [-0.25, -0.2) is 9.37 Å². The van der Waals surface area contributed by atoms with Crippen molar-refractivity contribution >= 4 is 23.3 Å². The maximum atomic E-state index is 13.2. The molecular weight excluding hydrogens is 293 g/mol. The van der Waals surface area contributed by atoms with Crippen molar-refractivity contribution in [3.05, 3.63) is 58.0 Å². The predicted octanol–water partition coefficient (Wildman–Crippen LogP) is 2.54. The topological polar surface area (TPSA) is 59.2 Å². The summed E-state index contributed by atoms with van der Waals surface area (Å²) in [5, 5.41) is 0.386. The second-order valence-electron chi connectivity index (χ2n) is 4.98. The molecular formula is C15H13ClFN3O. The summed E-state index contributed by atoms with van der Waals surface area (Å²) in [6.07, 6.45) is 2.15. The lowest BCUT2D eigenvalue weighted by Gasteiger charge is -2.30. The molecule has 0 fully saturated rings. The molecule has 0 aliphatic carbocycles. The van der Waals surface area contributed by atoms with Crippen molar-refractivity contribution in [3.8, 4) is 0 Å². The molecule has 2 aromatic rings. The Morgan fingerprint density at radius 1 is 1.33 bits per heavy atom. The van der Waals surface area contributed by atoms with E-state index in [0.717, 1.165) is 17.5 Å². The summed E-state index contributed by atoms with van der Waals surface area (Å²) in [6, 6.07) is 6.32. The molecule has 1 aliphatic heterocycles. The number of hydrogen-bond acceptors (Lipinski definition) is 3. The van der Waals surface area contributed by atoms with Gasteiger partial charge in [0, 0.05) is 19.3 Å². The number of aromatic nitrogens is 1. The highest BCUT2D eigenvalue weighted by Crippen LogP contribution is 2.29. The molecule has 0 unspecified atom stereocenters. The van der Waals surface area contributed by atoms with Crippen LogP contribution >= 0.6 is 11.6 Å². The lowest BCUT2D eigenvalue weighted by molar-refractivity contribution is 0.1000. The summed E-state index contributed by atoms with van der Waals surface area (Å²) in [7, 11) is 0. The molecule has 0 saturated heterocycles. The van der Waals surface area contributed by atoms with Gasteiger partial charge >= 0.3 is 0 Å². The number of rotatable bonds is 2. The Balaban J connectivity index is 1.89. The normalized spacial score (nSPS) is 13.9. The predicted molar refractivity (Wildman–Crippen MR) is 78.9 cm³/mol. The van der Waals surface area contributed by atoms with Crippen LogP contribution < -0.4 is 10.6 Å². The van der Waals surface area contributed by atoms with Crippen LogP contribution in [0.25, 0.3) is 0 Å². The summed E-state index contributed by atoms with van der Waals surface area (Å²) < 4.78 is 13.2. The van der Waals surface area contributed by atoms with Gasteiger partial charge in [0.2, 0.25) is 5.91 Å². The molecule has 1 amide bonds. The van der Waals surface area contributed by atoms with Crippen molar-refractivity contribution in [2.24, 2.45) is 5.73 Å². The number of primary amides is 1. The van der Waals surface area contributed by atoms with Crippen molar-refractivity contribution in [1.82, 2.24) is 4.98 Å². The highest BCUT2D eigenvalue weighted by Gasteiger charge is 2.20. The molecule has 0 radical (unpaired) electrons. The molecule has 2 N–H and O–H groups in total. The number of carbonyl (C=O) groups excluding carboxylic acids is 1. The smallest absolute Gasteiger partial charge is 0.250 e. The quantitative estimate of drug-likeness (QED) is 0.927. The van der Waals surface area contributed by atoms with E-state index in [0.29, 0.717) is 23.9 Å². The number of pyridine rings is 1. The number of hydrogen-bond donors (Lipinski definition) is 1. The van der Waals surface area contributed by atoms with E-state index >= 15 is 0 Å². The zero-order valence-corrected chi connectivity index (χ0v) is 11.9. The molecule has 3 rings (SSSR count). The van der Waals surface area contributed by atoms with Crippen molar-refractivity contribution in [2.45, 2.75) is 13.0 Å². The number of fused-ring (bicyclic) bond motifs is 1. The van der Waals surface area contributed by atoms with Gasteiger partial charge < -0.3 is 10.6 Å². The van der Waals surface area contributed by atoms with Gasteiger partial charge in [-0.1, -0.05) is 17.7 Å². The molecule has 108 valence electrons. The fourth-order valence-corrected chi connectivity index (χ4v) is 2.79. The zero-order valence-electron chi connectivity index (χ0n) is 11.1. The van der Waals surface area contributed by atoms with E-state index < -0.39 is 5.91 Å². The summed E-state index contributed by atoms with van der Waals surface area (Å²) in [5.74, 6) is -0.170. The fourth-order valence-electron chi connectivity index (χ4n) is 2.50. The Hall–Kier alpha value is -2.14. The van der Waals surface area contributed by atoms with Crippen LogP contribution in [0.1, 0.15) is 21.5 Å². The van der Waals surface area contributed by atoms with Crippen LogP contribution in [0.4, 0.5) is 10.2 Å². The molecule has 4 nitrogen and oxygen atoms in total. The summed E-state index contributed by atoms with van der Waals surface area (Å²) in [4.78, 5) is 17.4. The van der Waals surface area contributed by atoms with Crippen LogP contribution in [0, 0.1) is 5.82 Å². The highest BCUT2D eigenvalue weighted by molar-refractivity contribution is 6.33. The lowest BCUT2D eigenvalue weighted by Crippen LogP contribution is -2.31. The Morgan fingerprint density at radius 3 is 2.86 bits per heavy atom. The molecule has 0 bridgehead atoms. The average molecular weight is 306 g/mol. The Morgan fingerprint density at radius 2 is 2.14 bits per heavy atom. The van der Waals surface area contributed by atoms with E-state index in [1.165, 1.54) is 18.3 Å². The molecule has 1 aliphatic rings. The summed E-state index contributed by atoms with van der Waals surface area (Å²) in [6.45, 7) is 1.30. The molecule has 21 heavy (non-hydrogen) atoms. The third kappa shape index (κ3) is 2.69. The van der Waals surface area contributed by atoms with Gasteiger partial charge in [0.1, 0.15) is 11.6 Å². The van der Waals surface area contributed by atoms with Gasteiger partial charge in [0.15, 0.2) is 0 Å². The summed E-state index contributed by atoms with van der Waals surface area (Å²) >= 11 is 6.19. The second-order valence-corrected chi connectivity index (χ2v) is 5.39. The SMILES string of the molecule is NC(=O)c1cnc(N2CCc3cc(F)ccc3C2)c(Cl)c1. The molecule has 2 heterocycles. The molecule has 1 aromatic heterocycles. The zero-order chi connectivity index (χ0) is 15.0. The molecule has 6 heteroatoms. The largest absolute Gasteiger partial charge is 0.366 e. The van der Waals surface area contributed by atoms with Crippen LogP contribution in [-0.2, 0) is 13.0 Å². The third-order valence-electron chi connectivity index (χ3n) is 3.59. The Bertz CT molecular complexity index is 720. The molecule has 0 atom stereocenters. The molecule has 1 aromatic carbocycles. The first kappa shape index (κ1) is 13.8. The van der Waals surface area contributed by atoms with Crippen molar-refractivity contribution in [3.63, 3.8) is 0 Å². The van der Waals surface area contributed by atoms with Crippen LogP contribution in [0.5, 0.6) is 0 Å². The second kappa shape index (κ2) is 5.33. The van der Waals surface area contributed by atoms with Gasteiger partial charge in [-0.2, -0.15) is 0 Å². The maximum absolute atomic E-state index is 13.2. The minimum atomic E-state index is -0.560. The lowest BCUT2D eigenvalue weighted by atomic mass is 9.99. The number of benzene rings is 1. The van der Waals surface area contributed by atoms with Crippen LogP contribution in [0.15, 0.2) is 30.5 Å². The first-order valence-electron chi connectivity index (χ1n) is 6.52. The summed E-state index contributed by atoms with van der Waals surface area (Å²) in [5.41, 5.74) is 7.55. The van der Waals surface area contributed by atoms with E-state index in [9.17, 15) is 9.18 Å². The first-order valence-corrected chi connectivity index (χ1v) is 6.90. The van der Waals surface area contributed by atoms with E-state index in [4.69, 9.17) is 17.3 Å². The maximum Gasteiger partial charge on any atom is 0.250 e. The van der Waals surface area contributed by atoms with Gasteiger partial charge in [-0.05, 0) is 35.7 Å². The average Bonchev–Trinajstić information content (AvgIpc) is 2.46. The van der Waals surface area contributed by atoms with Gasteiger partial charge in [-0.15, -0.1) is 0 Å². The van der Waals surface area contributed by atoms with E-state index in [-0.39, 0.29) is 11.4 Å². The first-order chi connectivity index (χ1) is 10.0. The minimum absolute atomic E-state index is 0.218. The number of halogens is 2. The number of carbonyl (C=O) groups is 1. The third-order valence-corrected chi connectivity index (χ3v) is 3.86. The van der Waals surface area contributed by atoms with E-state index in [2.05, 4.69) is 4.98 Å². The molecule has 0 spiro atoms. The van der Waals surface area contributed by atoms with Crippen molar-refractivity contribution < 1.29 is 9.18 Å². The molecule has 0 saturated carbocycles. The Labute approximate surface area is 126 Å². The van der Waals surface area contributed by atoms with Gasteiger partial charge in [0.25, 0.3) is 0 Å². The minimum Gasteiger partial charge on any atom is -0.366 e. The standard InChI is InChI=1S/C15H13ClFN3O/c16-13-6-11(14(18)21)7-19-15(13)20-4-3-9-5-12(17)2-1-10(9)8-20/h1-2,5-7H,3-4,8H2,(H2,18,21). The number of nitrogens with two attached hydrogens (primary N) is 1.